The lowest BCUT2D eigenvalue weighted by molar-refractivity contribution is 1.08. The van der Waals surface area contributed by atoms with Crippen LogP contribution in [0.5, 0.6) is 0 Å². The number of fused-ring (bicyclic) bond motifs is 1. The number of anilines is 3. The fraction of sp³-hybridized carbons (Fsp3) is 0.158. The van der Waals surface area contributed by atoms with Gasteiger partial charge in [0.15, 0.2) is 0 Å². The predicted octanol–water partition coefficient (Wildman–Crippen LogP) is 7.47. The first-order chi connectivity index (χ1) is 20.3. The van der Waals surface area contributed by atoms with Gasteiger partial charge >= 0.3 is 0 Å². The highest BCUT2D eigenvalue weighted by molar-refractivity contribution is 6.96. The van der Waals surface area contributed by atoms with Crippen LogP contribution in [0.2, 0.25) is 0 Å². The predicted molar refractivity (Wildman–Crippen MR) is 180 cm³/mol. The van der Waals surface area contributed by atoms with Gasteiger partial charge in [-0.3, -0.25) is 4.90 Å². The number of hydrogen-bond donors (Lipinski definition) is 0. The van der Waals surface area contributed by atoms with Crippen molar-refractivity contribution < 1.29 is 0 Å². The monoisotopic (exact) mass is 545 g/mol. The average molecular weight is 546 g/mol. The SMILES string of the molecule is Cc1cc(C)c(B(c2ccc(N(c3ncccn3)c3cccc4ccccc34)cc2)c2c(C)cc(C)cc2C)c(C)c1. The van der Waals surface area contributed by atoms with E-state index in [9.17, 15) is 0 Å². The Balaban J connectivity index is 1.54. The zero-order valence-corrected chi connectivity index (χ0v) is 25.3. The second-order valence-electron chi connectivity index (χ2n) is 11.5. The molecule has 0 atom stereocenters. The van der Waals surface area contributed by atoms with Crippen LogP contribution in [-0.4, -0.2) is 16.7 Å². The van der Waals surface area contributed by atoms with E-state index in [2.05, 4.69) is 147 Å². The summed E-state index contributed by atoms with van der Waals surface area (Å²) in [6.07, 6.45) is 3.60. The molecule has 1 heterocycles. The number of aryl methyl sites for hydroxylation is 6. The first kappa shape index (κ1) is 27.5. The molecule has 4 heteroatoms. The largest absolute Gasteiger partial charge is 0.279 e. The molecule has 5 aromatic carbocycles. The molecule has 6 aromatic rings. The van der Waals surface area contributed by atoms with Crippen LogP contribution in [0.1, 0.15) is 33.4 Å². The molecule has 0 amide bonds. The molecule has 0 radical (unpaired) electrons. The molecule has 0 aliphatic rings. The van der Waals surface area contributed by atoms with Gasteiger partial charge in [0.2, 0.25) is 12.7 Å². The quantitative estimate of drug-likeness (QED) is 0.203. The van der Waals surface area contributed by atoms with Crippen LogP contribution >= 0.6 is 0 Å². The number of aromatic nitrogens is 2. The summed E-state index contributed by atoms with van der Waals surface area (Å²) < 4.78 is 0. The minimum Gasteiger partial charge on any atom is -0.279 e. The Kier molecular flexibility index (Phi) is 7.39. The minimum absolute atomic E-state index is 0.124. The van der Waals surface area contributed by atoms with Crippen molar-refractivity contribution in [3.8, 4) is 0 Å². The Bertz CT molecular complexity index is 1790. The highest BCUT2D eigenvalue weighted by Gasteiger charge is 2.29. The van der Waals surface area contributed by atoms with Gasteiger partial charge in [-0.1, -0.05) is 123 Å². The van der Waals surface area contributed by atoms with Gasteiger partial charge in [-0.15, -0.1) is 0 Å². The van der Waals surface area contributed by atoms with Crippen molar-refractivity contribution in [3.63, 3.8) is 0 Å². The van der Waals surface area contributed by atoms with Crippen LogP contribution in [0.15, 0.2) is 109 Å². The van der Waals surface area contributed by atoms with Crippen LogP contribution in [0.25, 0.3) is 10.8 Å². The Labute approximate surface area is 250 Å². The molecule has 0 N–H and O–H groups in total. The highest BCUT2D eigenvalue weighted by Crippen LogP contribution is 2.36. The summed E-state index contributed by atoms with van der Waals surface area (Å²) in [5.74, 6) is 0.647. The summed E-state index contributed by atoms with van der Waals surface area (Å²) in [6, 6.07) is 35.0. The Morgan fingerprint density at radius 3 is 1.64 bits per heavy atom. The molecule has 206 valence electrons. The Morgan fingerprint density at radius 2 is 1.07 bits per heavy atom. The molecule has 0 saturated heterocycles. The lowest BCUT2D eigenvalue weighted by Crippen LogP contribution is -2.55. The molecule has 0 aliphatic carbocycles. The van der Waals surface area contributed by atoms with Crippen LogP contribution in [0, 0.1) is 41.5 Å². The summed E-state index contributed by atoms with van der Waals surface area (Å²) in [5, 5.41) is 2.34. The van der Waals surface area contributed by atoms with Crippen molar-refractivity contribution in [2.75, 3.05) is 4.90 Å². The molecule has 6 rings (SSSR count). The lowest BCUT2D eigenvalue weighted by Gasteiger charge is -2.27. The summed E-state index contributed by atoms with van der Waals surface area (Å²) in [7, 11) is 0. The van der Waals surface area contributed by atoms with E-state index in [1.165, 1.54) is 55.2 Å². The van der Waals surface area contributed by atoms with Gasteiger partial charge in [-0.2, -0.15) is 0 Å². The van der Waals surface area contributed by atoms with Crippen molar-refractivity contribution in [2.45, 2.75) is 41.5 Å². The molecule has 3 nitrogen and oxygen atoms in total. The van der Waals surface area contributed by atoms with Crippen molar-refractivity contribution >= 4 is 51.2 Å². The maximum atomic E-state index is 4.67. The molecular weight excluding hydrogens is 509 g/mol. The first-order valence-electron chi connectivity index (χ1n) is 14.6. The van der Waals surface area contributed by atoms with Gasteiger partial charge in [-0.25, -0.2) is 9.97 Å². The number of hydrogen-bond acceptors (Lipinski definition) is 3. The molecule has 0 spiro atoms. The van der Waals surface area contributed by atoms with E-state index in [0.29, 0.717) is 5.95 Å². The zero-order valence-electron chi connectivity index (χ0n) is 25.3. The lowest BCUT2D eigenvalue weighted by atomic mass is 9.34. The third-order valence-corrected chi connectivity index (χ3v) is 8.30. The van der Waals surface area contributed by atoms with E-state index >= 15 is 0 Å². The number of benzene rings is 5. The number of rotatable bonds is 6. The van der Waals surface area contributed by atoms with Crippen molar-refractivity contribution in [3.05, 3.63) is 143 Å². The Hall–Kier alpha value is -4.70. The van der Waals surface area contributed by atoms with E-state index < -0.39 is 0 Å². The fourth-order valence-electron chi connectivity index (χ4n) is 6.76. The van der Waals surface area contributed by atoms with E-state index in [4.69, 9.17) is 0 Å². The second kappa shape index (κ2) is 11.3. The summed E-state index contributed by atoms with van der Waals surface area (Å²) in [6.45, 7) is 13.5. The molecule has 0 unspecified atom stereocenters. The summed E-state index contributed by atoms with van der Waals surface area (Å²) in [5.41, 5.74) is 14.0. The molecule has 0 saturated carbocycles. The smallest absolute Gasteiger partial charge is 0.242 e. The van der Waals surface area contributed by atoms with Crippen LogP contribution in [0.4, 0.5) is 17.3 Å². The molecule has 0 fully saturated rings. The van der Waals surface area contributed by atoms with E-state index in [-0.39, 0.29) is 6.71 Å². The highest BCUT2D eigenvalue weighted by atomic mass is 15.3. The van der Waals surface area contributed by atoms with Crippen molar-refractivity contribution in [1.82, 2.24) is 9.97 Å². The van der Waals surface area contributed by atoms with Crippen molar-refractivity contribution in [2.24, 2.45) is 0 Å². The minimum atomic E-state index is 0.124. The molecule has 0 aliphatic heterocycles. The molecule has 1 aromatic heterocycles. The van der Waals surface area contributed by atoms with Gasteiger partial charge in [0.25, 0.3) is 0 Å². The number of nitrogens with zero attached hydrogens (tertiary/aromatic N) is 3. The normalized spacial score (nSPS) is 11.1. The molecule has 42 heavy (non-hydrogen) atoms. The molecular formula is C38H36BN3. The third kappa shape index (κ3) is 5.09. The van der Waals surface area contributed by atoms with Gasteiger partial charge in [0, 0.05) is 23.5 Å². The third-order valence-electron chi connectivity index (χ3n) is 8.30. The molecule has 0 bridgehead atoms. The zero-order chi connectivity index (χ0) is 29.4. The maximum absolute atomic E-state index is 4.67. The Morgan fingerprint density at radius 1 is 0.548 bits per heavy atom. The standard InChI is InChI=1S/C38H36BN3/c1-25-21-27(3)36(28(4)22-25)39(37-29(5)23-26(2)24-30(37)6)32-15-17-33(18-16-32)42(38-40-19-10-20-41-38)35-14-9-12-31-11-7-8-13-34(31)35/h7-24H,1-6H3. The van der Waals surface area contributed by atoms with Gasteiger partial charge < -0.3 is 0 Å². The van der Waals surface area contributed by atoms with Gasteiger partial charge in [0.1, 0.15) is 0 Å². The van der Waals surface area contributed by atoms with Crippen molar-refractivity contribution in [1.29, 1.82) is 0 Å². The van der Waals surface area contributed by atoms with Crippen LogP contribution < -0.4 is 21.3 Å². The maximum Gasteiger partial charge on any atom is 0.242 e. The second-order valence-corrected chi connectivity index (χ2v) is 11.5. The summed E-state index contributed by atoms with van der Waals surface area (Å²) >= 11 is 0. The van der Waals surface area contributed by atoms with Crippen LogP contribution in [-0.2, 0) is 0 Å². The van der Waals surface area contributed by atoms with E-state index in [1.54, 1.807) is 12.4 Å². The van der Waals surface area contributed by atoms with Gasteiger partial charge in [-0.05, 0) is 71.2 Å². The topological polar surface area (TPSA) is 29.0 Å². The summed E-state index contributed by atoms with van der Waals surface area (Å²) in [4.78, 5) is 11.5. The first-order valence-corrected chi connectivity index (χ1v) is 14.6. The van der Waals surface area contributed by atoms with Gasteiger partial charge in [0.05, 0.1) is 5.69 Å². The van der Waals surface area contributed by atoms with E-state index in [0.717, 1.165) is 16.8 Å². The van der Waals surface area contributed by atoms with E-state index in [1.807, 2.05) is 6.07 Å². The fourth-order valence-corrected chi connectivity index (χ4v) is 6.76. The van der Waals surface area contributed by atoms with Crippen LogP contribution in [0.3, 0.4) is 0 Å². The average Bonchev–Trinajstić information content (AvgIpc) is 2.97.